The number of rotatable bonds is 9. The Morgan fingerprint density at radius 1 is 0.814 bits per heavy atom. The molecule has 13 heteroatoms. The molecule has 0 spiro atoms. The van der Waals surface area contributed by atoms with Gasteiger partial charge in [-0.25, -0.2) is 18.0 Å². The van der Waals surface area contributed by atoms with Gasteiger partial charge in [0, 0.05) is 53.0 Å². The van der Waals surface area contributed by atoms with Crippen molar-refractivity contribution in [1.29, 1.82) is 0 Å². The summed E-state index contributed by atoms with van der Waals surface area (Å²) >= 11 is 13.0. The largest absolute Gasteiger partial charge is 0.325 e. The van der Waals surface area contributed by atoms with Crippen molar-refractivity contribution in [1.82, 2.24) is 15.1 Å². The maximum atomic E-state index is 14.6. The lowest BCUT2D eigenvalue weighted by Crippen LogP contribution is -2.57. The quantitative estimate of drug-likeness (QED) is 0.300. The van der Waals surface area contributed by atoms with Crippen molar-refractivity contribution < 1.29 is 22.8 Å². The average molecular weight is 647 g/mol. The highest BCUT2D eigenvalue weighted by Gasteiger charge is 2.58. The summed E-state index contributed by atoms with van der Waals surface area (Å²) in [6.07, 6.45) is 0. The molecule has 3 aromatic carbocycles. The third-order valence-electron chi connectivity index (χ3n) is 7.40. The smallest absolute Gasteiger partial charge is 0.321 e. The number of hydrogen-bond donors (Lipinski definition) is 2. The fourth-order valence-corrected chi connectivity index (χ4v) is 7.01. The van der Waals surface area contributed by atoms with Crippen LogP contribution in [0.2, 0.25) is 10.0 Å². The summed E-state index contributed by atoms with van der Waals surface area (Å²) in [4.78, 5) is 43.4. The van der Waals surface area contributed by atoms with Gasteiger partial charge >= 0.3 is 12.1 Å². The minimum Gasteiger partial charge on any atom is -0.325 e. The molecule has 0 aromatic heterocycles. The number of carbonyl (C=O) groups excluding carboxylic acids is 3. The topological polar surface area (TPSA) is 119 Å². The Labute approximate surface area is 261 Å². The van der Waals surface area contributed by atoms with Crippen molar-refractivity contribution in [3.8, 4) is 0 Å². The fraction of sp³-hybridized carbons (Fsp3) is 0.300. The van der Waals surface area contributed by atoms with E-state index < -0.39 is 27.5 Å². The minimum absolute atomic E-state index is 0.0214. The molecule has 5 amide bonds. The van der Waals surface area contributed by atoms with Crippen molar-refractivity contribution in [2.45, 2.75) is 38.1 Å². The Morgan fingerprint density at radius 2 is 1.40 bits per heavy atom. The molecule has 1 heterocycles. The van der Waals surface area contributed by atoms with Crippen LogP contribution in [0, 0.1) is 0 Å². The van der Waals surface area contributed by atoms with E-state index in [1.807, 2.05) is 13.8 Å². The van der Waals surface area contributed by atoms with E-state index in [0.717, 1.165) is 0 Å². The first-order valence-electron chi connectivity index (χ1n) is 13.8. The fourth-order valence-electron chi connectivity index (χ4n) is 5.09. The number of anilines is 2. The van der Waals surface area contributed by atoms with Crippen LogP contribution in [0.1, 0.15) is 38.8 Å². The molecule has 0 saturated carbocycles. The van der Waals surface area contributed by atoms with Gasteiger partial charge in [0.05, 0.1) is 10.6 Å². The maximum Gasteiger partial charge on any atom is 0.321 e. The third-order valence-corrected chi connectivity index (χ3v) is 9.68. The first kappa shape index (κ1) is 32.1. The molecule has 1 aliphatic rings. The Balaban J connectivity index is 1.86. The highest BCUT2D eigenvalue weighted by molar-refractivity contribution is 7.93. The number of benzene rings is 3. The van der Waals surface area contributed by atoms with Crippen LogP contribution in [0.3, 0.4) is 0 Å². The number of halogens is 2. The lowest BCUT2D eigenvalue weighted by atomic mass is 9.83. The molecule has 10 nitrogen and oxygen atoms in total. The van der Waals surface area contributed by atoms with Crippen LogP contribution in [-0.2, 0) is 20.4 Å². The Hall–Kier alpha value is -3.80. The number of hydrogen-bond acceptors (Lipinski definition) is 5. The van der Waals surface area contributed by atoms with Crippen molar-refractivity contribution in [2.75, 3.05) is 35.8 Å². The second-order valence-corrected chi connectivity index (χ2v) is 12.3. The van der Waals surface area contributed by atoms with E-state index in [0.29, 0.717) is 36.2 Å². The zero-order valence-corrected chi connectivity index (χ0v) is 26.6. The molecule has 2 N–H and O–H groups in total. The van der Waals surface area contributed by atoms with Crippen LogP contribution in [0.5, 0.6) is 0 Å². The molecular formula is C30H33Cl2N5O5S. The minimum atomic E-state index is -4.53. The molecule has 43 heavy (non-hydrogen) atoms. The highest BCUT2D eigenvalue weighted by Crippen LogP contribution is 2.49. The first-order chi connectivity index (χ1) is 20.5. The lowest BCUT2D eigenvalue weighted by Gasteiger charge is -2.33. The zero-order valence-electron chi connectivity index (χ0n) is 24.2. The van der Waals surface area contributed by atoms with Gasteiger partial charge in [-0.05, 0) is 76.2 Å². The predicted molar refractivity (Wildman–Crippen MR) is 168 cm³/mol. The second-order valence-electron chi connectivity index (χ2n) is 9.70. The summed E-state index contributed by atoms with van der Waals surface area (Å²) in [5.41, 5.74) is -1.26. The molecule has 228 valence electrons. The van der Waals surface area contributed by atoms with Crippen molar-refractivity contribution in [3.63, 3.8) is 0 Å². The molecule has 0 radical (unpaired) electrons. The Bertz CT molecular complexity index is 1640. The molecule has 0 saturated heterocycles. The van der Waals surface area contributed by atoms with E-state index in [1.165, 1.54) is 47.4 Å². The second kappa shape index (κ2) is 12.8. The molecule has 4 rings (SSSR count). The summed E-state index contributed by atoms with van der Waals surface area (Å²) in [6.45, 7) is 8.98. The summed E-state index contributed by atoms with van der Waals surface area (Å²) in [6, 6.07) is 15.4. The highest BCUT2D eigenvalue weighted by atomic mass is 35.5. The maximum absolute atomic E-state index is 14.6. The van der Waals surface area contributed by atoms with Crippen LogP contribution in [0.15, 0.2) is 71.6 Å². The first-order valence-corrected chi connectivity index (χ1v) is 16.0. The summed E-state index contributed by atoms with van der Waals surface area (Å²) in [5.74, 6) is -0.947. The number of urea groups is 2. The van der Waals surface area contributed by atoms with Crippen molar-refractivity contribution in [2.24, 2.45) is 0 Å². The van der Waals surface area contributed by atoms with E-state index in [4.69, 9.17) is 23.2 Å². The number of fused-ring (bicyclic) bond motifs is 1. The van der Waals surface area contributed by atoms with E-state index in [-0.39, 0.29) is 37.8 Å². The van der Waals surface area contributed by atoms with Gasteiger partial charge in [0.25, 0.3) is 15.9 Å². The summed E-state index contributed by atoms with van der Waals surface area (Å²) in [7, 11) is -4.53. The van der Waals surface area contributed by atoms with Crippen LogP contribution < -0.4 is 14.9 Å². The van der Waals surface area contributed by atoms with Crippen LogP contribution >= 0.6 is 23.2 Å². The van der Waals surface area contributed by atoms with Gasteiger partial charge in [0.1, 0.15) is 0 Å². The van der Waals surface area contributed by atoms with Gasteiger partial charge in [0.2, 0.25) is 0 Å². The molecule has 0 fully saturated rings. The summed E-state index contributed by atoms with van der Waals surface area (Å²) in [5, 5.41) is 5.94. The number of carbonyl (C=O) groups is 3. The monoisotopic (exact) mass is 645 g/mol. The van der Waals surface area contributed by atoms with Crippen LogP contribution in [0.4, 0.5) is 21.0 Å². The van der Waals surface area contributed by atoms with E-state index in [1.54, 1.807) is 43.0 Å². The number of amides is 5. The molecular weight excluding hydrogens is 613 g/mol. The number of sulfonamides is 1. The molecule has 0 aliphatic carbocycles. The molecule has 3 aromatic rings. The number of nitrogens with one attached hydrogen (secondary N) is 2. The Kier molecular flexibility index (Phi) is 9.58. The zero-order chi connectivity index (χ0) is 31.5. The third kappa shape index (κ3) is 5.76. The van der Waals surface area contributed by atoms with E-state index in [2.05, 4.69) is 10.6 Å². The average Bonchev–Trinajstić information content (AvgIpc) is 3.22. The van der Waals surface area contributed by atoms with Crippen molar-refractivity contribution >= 4 is 62.6 Å². The predicted octanol–water partition coefficient (Wildman–Crippen LogP) is 5.90. The Morgan fingerprint density at radius 3 is 1.98 bits per heavy atom. The van der Waals surface area contributed by atoms with Gasteiger partial charge in [-0.3, -0.25) is 4.79 Å². The number of nitrogens with zero attached hydrogens (tertiary/aromatic N) is 3. The summed E-state index contributed by atoms with van der Waals surface area (Å²) < 4.78 is 29.0. The van der Waals surface area contributed by atoms with Gasteiger partial charge in [0.15, 0.2) is 5.54 Å². The van der Waals surface area contributed by atoms with E-state index >= 15 is 0 Å². The van der Waals surface area contributed by atoms with Crippen LogP contribution in [-0.4, -0.2) is 62.4 Å². The van der Waals surface area contributed by atoms with Crippen LogP contribution in [0.25, 0.3) is 0 Å². The normalized spacial score (nSPS) is 16.0. The molecule has 1 aliphatic heterocycles. The molecule has 1 atom stereocenters. The van der Waals surface area contributed by atoms with E-state index in [9.17, 15) is 22.8 Å². The lowest BCUT2D eigenvalue weighted by molar-refractivity contribution is -0.121. The van der Waals surface area contributed by atoms with Gasteiger partial charge in [-0.15, -0.1) is 0 Å². The molecule has 1 unspecified atom stereocenters. The SMILES string of the molecule is CCN(CC)C(=O)Nc1ccc(S(=O)(=O)N2C(=O)C(NC(=O)N(CC)CC)(c3ccccc3Cl)c3cc(Cl)ccc32)cc1. The van der Waals surface area contributed by atoms with Gasteiger partial charge in [-0.2, -0.15) is 4.31 Å². The standard InChI is InChI=1S/C30H33Cl2N5O5S/c1-5-35(6-2)28(39)33-21-14-16-22(17-15-21)43(41,42)37-26-18-13-20(31)19-24(26)30(27(37)38,23-11-9-10-12-25(23)32)34-29(40)36(7-3)8-4/h9-19H,5-8H2,1-4H3,(H,33,39)(H,34,40). The molecule has 0 bridgehead atoms. The van der Waals surface area contributed by atoms with Gasteiger partial charge in [-0.1, -0.05) is 41.4 Å². The van der Waals surface area contributed by atoms with Crippen molar-refractivity contribution in [3.05, 3.63) is 87.9 Å². The van der Waals surface area contributed by atoms with Gasteiger partial charge < -0.3 is 20.4 Å².